The molecule has 0 radical (unpaired) electrons. The number of hydrogen-bond donors (Lipinski definition) is 0. The number of benzene rings is 1. The fraction of sp³-hybridized carbons (Fsp3) is 0.182. The number of nitrogens with zero attached hydrogens (tertiary/aromatic N) is 2. The average molecular weight is 174 g/mol. The van der Waals surface area contributed by atoms with Gasteiger partial charge in [0.1, 0.15) is 5.82 Å². The normalized spacial score (nSPS) is 11.1. The van der Waals surface area contributed by atoms with Crippen molar-refractivity contribution in [2.24, 2.45) is 4.99 Å². The smallest absolute Gasteiger partial charge is 0.127 e. The van der Waals surface area contributed by atoms with E-state index in [0.717, 1.165) is 11.5 Å². The van der Waals surface area contributed by atoms with Gasteiger partial charge in [0.25, 0.3) is 0 Å². The number of rotatable bonds is 3. The van der Waals surface area contributed by atoms with Gasteiger partial charge in [-0.3, -0.25) is 0 Å². The van der Waals surface area contributed by atoms with E-state index in [1.165, 1.54) is 0 Å². The molecule has 0 heterocycles. The zero-order valence-electron chi connectivity index (χ0n) is 8.07. The third-order valence-corrected chi connectivity index (χ3v) is 1.91. The lowest BCUT2D eigenvalue weighted by Crippen LogP contribution is -2.14. The third kappa shape index (κ3) is 2.18. The van der Waals surface area contributed by atoms with Crippen LogP contribution >= 0.6 is 0 Å². The summed E-state index contributed by atoms with van der Waals surface area (Å²) in [6.45, 7) is 5.47. The standard InChI is InChI=1S/C11H14N2/c1-4-11(12-2)13(3)10-8-6-5-7-9-10/h4-9H,2H2,1,3H3/b11-4+. The molecule has 0 bridgehead atoms. The van der Waals surface area contributed by atoms with Crippen LogP contribution in [-0.4, -0.2) is 13.8 Å². The van der Waals surface area contributed by atoms with Crippen LogP contribution in [0.3, 0.4) is 0 Å². The summed E-state index contributed by atoms with van der Waals surface area (Å²) in [5, 5.41) is 0. The lowest BCUT2D eigenvalue weighted by Gasteiger charge is -2.18. The van der Waals surface area contributed by atoms with Crippen LogP contribution in [-0.2, 0) is 0 Å². The van der Waals surface area contributed by atoms with Crippen LogP contribution in [0.15, 0.2) is 47.2 Å². The molecule has 1 aromatic rings. The summed E-state index contributed by atoms with van der Waals surface area (Å²) in [5.41, 5.74) is 1.11. The molecular formula is C11H14N2. The van der Waals surface area contributed by atoms with Crippen LogP contribution in [0, 0.1) is 0 Å². The fourth-order valence-electron chi connectivity index (χ4n) is 1.17. The van der Waals surface area contributed by atoms with Crippen molar-refractivity contribution in [1.29, 1.82) is 0 Å². The monoisotopic (exact) mass is 174 g/mol. The summed E-state index contributed by atoms with van der Waals surface area (Å²) >= 11 is 0. The van der Waals surface area contributed by atoms with E-state index in [1.54, 1.807) is 0 Å². The molecule has 1 rings (SSSR count). The minimum Gasteiger partial charge on any atom is -0.330 e. The van der Waals surface area contributed by atoms with Crippen LogP contribution in [0.2, 0.25) is 0 Å². The number of para-hydroxylation sites is 1. The summed E-state index contributed by atoms with van der Waals surface area (Å²) in [6, 6.07) is 10.1. The predicted molar refractivity (Wildman–Crippen MR) is 58.2 cm³/mol. The van der Waals surface area contributed by atoms with Gasteiger partial charge < -0.3 is 4.90 Å². The van der Waals surface area contributed by atoms with E-state index in [-0.39, 0.29) is 0 Å². The maximum absolute atomic E-state index is 3.92. The topological polar surface area (TPSA) is 15.6 Å². The Morgan fingerprint density at radius 2 is 2.00 bits per heavy atom. The number of anilines is 1. The first-order valence-electron chi connectivity index (χ1n) is 4.21. The van der Waals surface area contributed by atoms with Gasteiger partial charge in [0.2, 0.25) is 0 Å². The van der Waals surface area contributed by atoms with Crippen molar-refractivity contribution in [2.45, 2.75) is 6.92 Å². The summed E-state index contributed by atoms with van der Waals surface area (Å²) in [6.07, 6.45) is 1.93. The van der Waals surface area contributed by atoms with Gasteiger partial charge in [-0.15, -0.1) is 0 Å². The average Bonchev–Trinajstić information content (AvgIpc) is 2.21. The van der Waals surface area contributed by atoms with Gasteiger partial charge in [0.05, 0.1) is 0 Å². The van der Waals surface area contributed by atoms with Crippen molar-refractivity contribution < 1.29 is 0 Å². The van der Waals surface area contributed by atoms with Crippen molar-refractivity contribution in [1.82, 2.24) is 0 Å². The molecule has 13 heavy (non-hydrogen) atoms. The molecule has 0 saturated carbocycles. The molecule has 68 valence electrons. The molecule has 2 heteroatoms. The lowest BCUT2D eigenvalue weighted by atomic mass is 10.3. The highest BCUT2D eigenvalue weighted by molar-refractivity contribution is 5.51. The molecule has 0 fully saturated rings. The summed E-state index contributed by atoms with van der Waals surface area (Å²) in [5.74, 6) is 0.867. The van der Waals surface area contributed by atoms with Crippen LogP contribution in [0.25, 0.3) is 0 Å². The Morgan fingerprint density at radius 3 is 2.46 bits per heavy atom. The molecular weight excluding hydrogens is 160 g/mol. The van der Waals surface area contributed by atoms with Gasteiger partial charge in [-0.2, -0.15) is 0 Å². The molecule has 0 aromatic heterocycles. The summed E-state index contributed by atoms with van der Waals surface area (Å²) in [4.78, 5) is 5.91. The van der Waals surface area contributed by atoms with Gasteiger partial charge in [0.15, 0.2) is 0 Å². The molecule has 0 N–H and O–H groups in total. The van der Waals surface area contributed by atoms with Crippen LogP contribution in [0.1, 0.15) is 6.92 Å². The molecule has 0 amide bonds. The van der Waals surface area contributed by atoms with E-state index >= 15 is 0 Å². The molecule has 0 aliphatic carbocycles. The molecule has 0 aliphatic heterocycles. The Kier molecular flexibility index (Phi) is 3.26. The molecule has 0 saturated heterocycles. The second kappa shape index (κ2) is 4.45. The van der Waals surface area contributed by atoms with Crippen molar-refractivity contribution >= 4 is 12.4 Å². The van der Waals surface area contributed by atoms with Gasteiger partial charge in [0, 0.05) is 12.7 Å². The molecule has 1 aromatic carbocycles. The Labute approximate surface area is 79.2 Å². The first kappa shape index (κ1) is 9.52. The van der Waals surface area contributed by atoms with Crippen LogP contribution < -0.4 is 4.90 Å². The van der Waals surface area contributed by atoms with Crippen LogP contribution in [0.5, 0.6) is 0 Å². The largest absolute Gasteiger partial charge is 0.330 e. The molecule has 2 nitrogen and oxygen atoms in total. The van der Waals surface area contributed by atoms with E-state index in [4.69, 9.17) is 0 Å². The lowest BCUT2D eigenvalue weighted by molar-refractivity contribution is 1.06. The first-order valence-corrected chi connectivity index (χ1v) is 4.21. The van der Waals surface area contributed by atoms with Gasteiger partial charge in [-0.05, 0) is 31.9 Å². The van der Waals surface area contributed by atoms with Gasteiger partial charge >= 0.3 is 0 Å². The second-order valence-corrected chi connectivity index (χ2v) is 2.70. The van der Waals surface area contributed by atoms with E-state index in [9.17, 15) is 0 Å². The van der Waals surface area contributed by atoms with Crippen molar-refractivity contribution in [3.05, 3.63) is 42.2 Å². The third-order valence-electron chi connectivity index (χ3n) is 1.91. The maximum atomic E-state index is 3.92. The minimum absolute atomic E-state index is 0.867. The van der Waals surface area contributed by atoms with Crippen LogP contribution in [0.4, 0.5) is 5.69 Å². The Bertz CT molecular complexity index is 301. The van der Waals surface area contributed by atoms with E-state index < -0.39 is 0 Å². The Hall–Kier alpha value is -1.57. The molecule has 0 unspecified atom stereocenters. The first-order chi connectivity index (χ1) is 6.29. The van der Waals surface area contributed by atoms with Crippen molar-refractivity contribution in [3.8, 4) is 0 Å². The van der Waals surface area contributed by atoms with Crippen molar-refractivity contribution in [3.63, 3.8) is 0 Å². The quantitative estimate of drug-likeness (QED) is 0.643. The molecule has 0 spiro atoms. The second-order valence-electron chi connectivity index (χ2n) is 2.70. The van der Waals surface area contributed by atoms with E-state index in [1.807, 2.05) is 55.3 Å². The highest BCUT2D eigenvalue weighted by atomic mass is 15.2. The zero-order chi connectivity index (χ0) is 9.68. The zero-order valence-corrected chi connectivity index (χ0v) is 8.07. The number of allylic oxidation sites excluding steroid dienone is 1. The highest BCUT2D eigenvalue weighted by Gasteiger charge is 2.01. The van der Waals surface area contributed by atoms with Crippen molar-refractivity contribution in [2.75, 3.05) is 11.9 Å². The molecule has 0 atom stereocenters. The summed E-state index contributed by atoms with van der Waals surface area (Å²) in [7, 11) is 1.97. The summed E-state index contributed by atoms with van der Waals surface area (Å²) < 4.78 is 0. The maximum Gasteiger partial charge on any atom is 0.127 e. The minimum atomic E-state index is 0.867. The molecule has 0 aliphatic rings. The van der Waals surface area contributed by atoms with Gasteiger partial charge in [-0.1, -0.05) is 18.2 Å². The number of hydrogen-bond acceptors (Lipinski definition) is 2. The Balaban J connectivity index is 2.91. The van der Waals surface area contributed by atoms with Gasteiger partial charge in [-0.25, -0.2) is 4.99 Å². The van der Waals surface area contributed by atoms with E-state index in [2.05, 4.69) is 11.7 Å². The number of aliphatic imine (C=N–C) groups is 1. The Morgan fingerprint density at radius 1 is 1.38 bits per heavy atom. The van der Waals surface area contributed by atoms with E-state index in [0.29, 0.717) is 0 Å². The predicted octanol–water partition coefficient (Wildman–Crippen LogP) is 2.68. The fourth-order valence-corrected chi connectivity index (χ4v) is 1.17. The SMILES string of the molecule is C=N/C(=C\C)N(C)c1ccccc1. The highest BCUT2D eigenvalue weighted by Crippen LogP contribution is 2.16.